The van der Waals surface area contributed by atoms with E-state index in [-0.39, 0.29) is 13.2 Å². The van der Waals surface area contributed by atoms with Crippen molar-refractivity contribution in [1.29, 1.82) is 0 Å². The van der Waals surface area contributed by atoms with Gasteiger partial charge in [-0.05, 0) is 12.0 Å². The van der Waals surface area contributed by atoms with Gasteiger partial charge in [-0.25, -0.2) is 4.79 Å². The van der Waals surface area contributed by atoms with Gasteiger partial charge in [-0.2, -0.15) is 0 Å². The molecule has 108 valence electrons. The Morgan fingerprint density at radius 3 is 2.80 bits per heavy atom. The molecule has 1 aliphatic heterocycles. The van der Waals surface area contributed by atoms with Crippen LogP contribution in [0.4, 0.5) is 4.79 Å². The third-order valence-electron chi connectivity index (χ3n) is 3.19. The Balaban J connectivity index is 1.82. The topological polar surface area (TPSA) is 84.9 Å². The molecule has 0 spiro atoms. The van der Waals surface area contributed by atoms with Crippen LogP contribution < -0.4 is 5.32 Å². The summed E-state index contributed by atoms with van der Waals surface area (Å²) in [6.45, 7) is 0.740. The highest BCUT2D eigenvalue weighted by molar-refractivity contribution is 5.73. The molecule has 6 nitrogen and oxygen atoms in total. The second kappa shape index (κ2) is 6.91. The molecule has 1 saturated heterocycles. The minimum atomic E-state index is -0.929. The molecule has 0 bridgehead atoms. The molecular formula is C14H17NO5. The second-order valence-electron chi connectivity index (χ2n) is 4.62. The molecule has 1 heterocycles. The third kappa shape index (κ3) is 3.96. The van der Waals surface area contributed by atoms with Gasteiger partial charge in [0.2, 0.25) is 0 Å². The monoisotopic (exact) mass is 279 g/mol. The van der Waals surface area contributed by atoms with Crippen molar-refractivity contribution in [3.05, 3.63) is 35.9 Å². The van der Waals surface area contributed by atoms with E-state index in [2.05, 4.69) is 5.32 Å². The van der Waals surface area contributed by atoms with Gasteiger partial charge in [0, 0.05) is 6.61 Å². The minimum Gasteiger partial charge on any atom is -0.481 e. The van der Waals surface area contributed by atoms with E-state index in [0.29, 0.717) is 13.0 Å². The quantitative estimate of drug-likeness (QED) is 0.870. The minimum absolute atomic E-state index is 0.151. The van der Waals surface area contributed by atoms with Crippen LogP contribution in [0.5, 0.6) is 0 Å². The summed E-state index contributed by atoms with van der Waals surface area (Å²) in [6.07, 6.45) is -0.241. The number of aliphatic carboxylic acids is 1. The summed E-state index contributed by atoms with van der Waals surface area (Å²) < 4.78 is 10.3. The van der Waals surface area contributed by atoms with Crippen LogP contribution in [-0.2, 0) is 20.9 Å². The van der Waals surface area contributed by atoms with E-state index in [0.717, 1.165) is 5.56 Å². The van der Waals surface area contributed by atoms with Crippen molar-refractivity contribution in [3.63, 3.8) is 0 Å². The highest BCUT2D eigenvalue weighted by Crippen LogP contribution is 2.16. The molecule has 2 atom stereocenters. The SMILES string of the molecule is O=C(N[C@H]1COCC[C@H]1C(=O)O)OCc1ccccc1. The molecule has 0 unspecified atom stereocenters. The number of carbonyl (C=O) groups is 2. The fourth-order valence-electron chi connectivity index (χ4n) is 2.09. The van der Waals surface area contributed by atoms with E-state index in [9.17, 15) is 9.59 Å². The van der Waals surface area contributed by atoms with Gasteiger partial charge in [0.1, 0.15) is 6.61 Å². The molecule has 1 fully saturated rings. The molecule has 6 heteroatoms. The Morgan fingerprint density at radius 1 is 1.35 bits per heavy atom. The van der Waals surface area contributed by atoms with Gasteiger partial charge < -0.3 is 19.9 Å². The summed E-state index contributed by atoms with van der Waals surface area (Å²) in [4.78, 5) is 22.7. The molecular weight excluding hydrogens is 262 g/mol. The van der Waals surface area contributed by atoms with E-state index in [1.54, 1.807) is 0 Å². The van der Waals surface area contributed by atoms with Crippen LogP contribution in [0.2, 0.25) is 0 Å². The van der Waals surface area contributed by atoms with Gasteiger partial charge in [-0.1, -0.05) is 30.3 Å². The lowest BCUT2D eigenvalue weighted by atomic mass is 9.95. The fourth-order valence-corrected chi connectivity index (χ4v) is 2.09. The number of rotatable bonds is 4. The third-order valence-corrected chi connectivity index (χ3v) is 3.19. The van der Waals surface area contributed by atoms with Crippen LogP contribution in [-0.4, -0.2) is 36.4 Å². The first-order valence-electron chi connectivity index (χ1n) is 6.44. The molecule has 1 aliphatic rings. The van der Waals surface area contributed by atoms with Crippen molar-refractivity contribution in [2.75, 3.05) is 13.2 Å². The van der Waals surface area contributed by atoms with Crippen LogP contribution in [0.1, 0.15) is 12.0 Å². The molecule has 1 aromatic carbocycles. The maximum absolute atomic E-state index is 11.7. The first-order chi connectivity index (χ1) is 9.66. The number of amides is 1. The zero-order valence-corrected chi connectivity index (χ0v) is 11.0. The smallest absolute Gasteiger partial charge is 0.407 e. The lowest BCUT2D eigenvalue weighted by Crippen LogP contribution is -2.49. The van der Waals surface area contributed by atoms with Crippen molar-refractivity contribution in [2.24, 2.45) is 5.92 Å². The average molecular weight is 279 g/mol. The summed E-state index contributed by atoms with van der Waals surface area (Å²) in [5.41, 5.74) is 0.873. The maximum atomic E-state index is 11.7. The predicted molar refractivity (Wildman–Crippen MR) is 70.1 cm³/mol. The van der Waals surface area contributed by atoms with E-state index in [1.165, 1.54) is 0 Å². The summed E-state index contributed by atoms with van der Waals surface area (Å²) in [6, 6.07) is 8.72. The van der Waals surface area contributed by atoms with Gasteiger partial charge in [-0.15, -0.1) is 0 Å². The number of carbonyl (C=O) groups excluding carboxylic acids is 1. The lowest BCUT2D eigenvalue weighted by molar-refractivity contribution is -0.146. The molecule has 0 aliphatic carbocycles. The zero-order chi connectivity index (χ0) is 14.4. The predicted octanol–water partition coefficient (Wildman–Crippen LogP) is 1.40. The van der Waals surface area contributed by atoms with Crippen molar-refractivity contribution >= 4 is 12.1 Å². The van der Waals surface area contributed by atoms with Crippen LogP contribution in [0.15, 0.2) is 30.3 Å². The van der Waals surface area contributed by atoms with Crippen LogP contribution in [0, 0.1) is 5.92 Å². The first kappa shape index (κ1) is 14.3. The van der Waals surface area contributed by atoms with Crippen LogP contribution in [0.25, 0.3) is 0 Å². The molecule has 20 heavy (non-hydrogen) atoms. The summed E-state index contributed by atoms with van der Waals surface area (Å²) >= 11 is 0. The van der Waals surface area contributed by atoms with Crippen LogP contribution in [0.3, 0.4) is 0 Å². The summed E-state index contributed by atoms with van der Waals surface area (Å²) in [5.74, 6) is -1.56. The second-order valence-corrected chi connectivity index (χ2v) is 4.62. The highest BCUT2D eigenvalue weighted by atomic mass is 16.5. The van der Waals surface area contributed by atoms with Crippen molar-refractivity contribution < 1.29 is 24.2 Å². The molecule has 2 rings (SSSR count). The van der Waals surface area contributed by atoms with E-state index < -0.39 is 24.0 Å². The van der Waals surface area contributed by atoms with Crippen molar-refractivity contribution in [2.45, 2.75) is 19.1 Å². The molecule has 1 aromatic rings. The van der Waals surface area contributed by atoms with Crippen LogP contribution >= 0.6 is 0 Å². The van der Waals surface area contributed by atoms with Gasteiger partial charge in [0.15, 0.2) is 0 Å². The van der Waals surface area contributed by atoms with Crippen molar-refractivity contribution in [1.82, 2.24) is 5.32 Å². The number of alkyl carbamates (subject to hydrolysis) is 1. The number of benzene rings is 1. The van der Waals surface area contributed by atoms with Gasteiger partial charge in [0.25, 0.3) is 0 Å². The van der Waals surface area contributed by atoms with E-state index >= 15 is 0 Å². The number of carboxylic acids is 1. The maximum Gasteiger partial charge on any atom is 0.407 e. The van der Waals surface area contributed by atoms with E-state index in [1.807, 2.05) is 30.3 Å². The number of carboxylic acid groups (broad SMARTS) is 1. The Kier molecular flexibility index (Phi) is 4.95. The molecule has 1 amide bonds. The normalized spacial score (nSPS) is 22.0. The highest BCUT2D eigenvalue weighted by Gasteiger charge is 2.32. The van der Waals surface area contributed by atoms with E-state index in [4.69, 9.17) is 14.6 Å². The number of hydrogen-bond donors (Lipinski definition) is 2. The number of ether oxygens (including phenoxy) is 2. The molecule has 2 N–H and O–H groups in total. The molecule has 0 aromatic heterocycles. The van der Waals surface area contributed by atoms with Crippen molar-refractivity contribution in [3.8, 4) is 0 Å². The molecule has 0 saturated carbocycles. The summed E-state index contributed by atoms with van der Waals surface area (Å²) in [7, 11) is 0. The lowest BCUT2D eigenvalue weighted by Gasteiger charge is -2.28. The Morgan fingerprint density at radius 2 is 2.10 bits per heavy atom. The Labute approximate surface area is 116 Å². The fraction of sp³-hybridized carbons (Fsp3) is 0.429. The Bertz CT molecular complexity index is 462. The number of hydrogen-bond acceptors (Lipinski definition) is 4. The van der Waals surface area contributed by atoms with Gasteiger partial charge >= 0.3 is 12.1 Å². The Hall–Kier alpha value is -2.08. The largest absolute Gasteiger partial charge is 0.481 e. The van der Waals surface area contributed by atoms with Gasteiger partial charge in [0.05, 0.1) is 18.6 Å². The summed E-state index contributed by atoms with van der Waals surface area (Å²) in [5, 5.41) is 11.6. The average Bonchev–Trinajstić information content (AvgIpc) is 2.46. The first-order valence-corrected chi connectivity index (χ1v) is 6.44. The molecule has 0 radical (unpaired) electrons. The zero-order valence-electron chi connectivity index (χ0n) is 11.0. The standard InChI is InChI=1S/C14H17NO5/c16-13(17)11-6-7-19-9-12(11)15-14(18)20-8-10-4-2-1-3-5-10/h1-5,11-12H,6-9H2,(H,15,18)(H,16,17)/t11-,12+/m1/s1. The van der Waals surface area contributed by atoms with Gasteiger partial charge in [-0.3, -0.25) is 4.79 Å². The number of nitrogens with one attached hydrogen (secondary N) is 1.